The third-order valence-corrected chi connectivity index (χ3v) is 10.9. The van der Waals surface area contributed by atoms with E-state index in [1.165, 1.54) is 9.80 Å². The normalized spacial score (nSPS) is 14.0. The van der Waals surface area contributed by atoms with Crippen LogP contribution in [0.1, 0.15) is 35.1 Å². The molecular weight excluding hydrogens is 813 g/mol. The molecule has 0 N–H and O–H groups in total. The molecule has 328 valence electrons. The third kappa shape index (κ3) is 12.5. The number of amides is 2. The number of benzene rings is 6. The van der Waals surface area contributed by atoms with E-state index < -0.39 is 36.0 Å². The molecule has 64 heavy (non-hydrogen) atoms. The van der Waals surface area contributed by atoms with Gasteiger partial charge in [0.1, 0.15) is 34.5 Å². The minimum absolute atomic E-state index is 0.140. The van der Waals surface area contributed by atoms with Crippen molar-refractivity contribution in [2.24, 2.45) is 11.8 Å². The molecule has 1 saturated carbocycles. The minimum atomic E-state index is -0.957. The van der Waals surface area contributed by atoms with Gasteiger partial charge in [-0.3, -0.25) is 9.59 Å². The first-order valence-corrected chi connectivity index (χ1v) is 21.1. The van der Waals surface area contributed by atoms with Gasteiger partial charge >= 0.3 is 24.1 Å². The van der Waals surface area contributed by atoms with Crippen molar-refractivity contribution in [1.82, 2.24) is 9.80 Å². The summed E-state index contributed by atoms with van der Waals surface area (Å²) in [6, 6.07) is 48.4. The molecule has 1 aliphatic carbocycles. The highest BCUT2D eigenvalue weighted by Crippen LogP contribution is 2.37. The Hall–Kier alpha value is -7.60. The Morgan fingerprint density at radius 1 is 0.438 bits per heavy atom. The zero-order chi connectivity index (χ0) is 44.7. The fourth-order valence-electron chi connectivity index (χ4n) is 7.19. The maximum absolute atomic E-state index is 13.8. The van der Waals surface area contributed by atoms with Crippen LogP contribution >= 0.6 is 0 Å². The Bertz CT molecular complexity index is 2300. The number of hydrogen-bond acceptors (Lipinski definition) is 10. The predicted octanol–water partition coefficient (Wildman–Crippen LogP) is 10.4. The number of methoxy groups -OCH3 is 2. The number of para-hydroxylation sites is 2. The van der Waals surface area contributed by atoms with Gasteiger partial charge < -0.3 is 38.2 Å². The van der Waals surface area contributed by atoms with Crippen LogP contribution < -0.4 is 18.9 Å². The van der Waals surface area contributed by atoms with Gasteiger partial charge in [-0.1, -0.05) is 84.9 Å². The maximum atomic E-state index is 13.8. The molecule has 0 heterocycles. The van der Waals surface area contributed by atoms with Crippen molar-refractivity contribution in [3.05, 3.63) is 180 Å². The summed E-state index contributed by atoms with van der Waals surface area (Å²) in [6.45, 7) is 0.725. The summed E-state index contributed by atoms with van der Waals surface area (Å²) in [5, 5.41) is 0. The van der Waals surface area contributed by atoms with Crippen LogP contribution in [0.3, 0.4) is 0 Å². The molecule has 12 heteroatoms. The first-order chi connectivity index (χ1) is 31.2. The number of rotatable bonds is 18. The van der Waals surface area contributed by atoms with Gasteiger partial charge in [-0.25, -0.2) is 9.59 Å². The average molecular weight is 863 g/mol. The van der Waals surface area contributed by atoms with Gasteiger partial charge in [0.05, 0.1) is 26.1 Å². The van der Waals surface area contributed by atoms with E-state index in [4.69, 9.17) is 28.4 Å². The second kappa shape index (κ2) is 22.0. The van der Waals surface area contributed by atoms with Crippen molar-refractivity contribution in [2.75, 3.05) is 27.3 Å². The lowest BCUT2D eigenvalue weighted by atomic mass is 9.74. The molecule has 0 radical (unpaired) electrons. The fourth-order valence-corrected chi connectivity index (χ4v) is 7.19. The summed E-state index contributed by atoms with van der Waals surface area (Å²) in [7, 11) is 3.17. The van der Waals surface area contributed by atoms with Gasteiger partial charge in [-0.15, -0.1) is 0 Å². The summed E-state index contributed by atoms with van der Waals surface area (Å²) >= 11 is 0. The van der Waals surface area contributed by atoms with E-state index in [1.807, 2.05) is 158 Å². The van der Waals surface area contributed by atoms with E-state index in [9.17, 15) is 19.2 Å². The molecule has 1 aliphatic rings. The largest absolute Gasteiger partial charge is 0.497 e. The molecule has 0 bridgehead atoms. The van der Waals surface area contributed by atoms with Crippen molar-refractivity contribution in [3.63, 3.8) is 0 Å². The van der Waals surface area contributed by atoms with E-state index in [1.54, 1.807) is 14.2 Å². The van der Waals surface area contributed by atoms with Crippen molar-refractivity contribution in [3.8, 4) is 34.5 Å². The molecule has 2 atom stereocenters. The second-order valence-electron chi connectivity index (χ2n) is 15.3. The number of carbonyl (C=O) groups is 4. The van der Waals surface area contributed by atoms with Crippen LogP contribution in [0.25, 0.3) is 0 Å². The lowest BCUT2D eigenvalue weighted by Crippen LogP contribution is -2.44. The first kappa shape index (κ1) is 44.5. The van der Waals surface area contributed by atoms with E-state index in [0.717, 1.165) is 22.3 Å². The zero-order valence-electron chi connectivity index (χ0n) is 35.8. The van der Waals surface area contributed by atoms with Crippen molar-refractivity contribution < 1.29 is 47.6 Å². The summed E-state index contributed by atoms with van der Waals surface area (Å²) in [4.78, 5) is 57.5. The van der Waals surface area contributed by atoms with Gasteiger partial charge in [-0.2, -0.15) is 0 Å². The fraction of sp³-hybridized carbons (Fsp3) is 0.231. The molecule has 6 aromatic carbocycles. The predicted molar refractivity (Wildman–Crippen MR) is 239 cm³/mol. The summed E-state index contributed by atoms with van der Waals surface area (Å²) in [6.07, 6.45) is -0.201. The van der Waals surface area contributed by atoms with Crippen LogP contribution in [-0.4, -0.2) is 61.2 Å². The summed E-state index contributed by atoms with van der Waals surface area (Å²) < 4.78 is 33.5. The molecule has 0 spiro atoms. The van der Waals surface area contributed by atoms with Crippen LogP contribution in [0.15, 0.2) is 158 Å². The lowest BCUT2D eigenvalue weighted by molar-refractivity contribution is -0.161. The molecule has 0 aliphatic heterocycles. The van der Waals surface area contributed by atoms with Crippen molar-refractivity contribution >= 4 is 24.1 Å². The van der Waals surface area contributed by atoms with Crippen molar-refractivity contribution in [1.29, 1.82) is 0 Å². The monoisotopic (exact) mass is 862 g/mol. The third-order valence-electron chi connectivity index (χ3n) is 10.9. The van der Waals surface area contributed by atoms with E-state index in [0.29, 0.717) is 60.2 Å². The topological polar surface area (TPSA) is 130 Å². The molecule has 2 unspecified atom stereocenters. The quantitative estimate of drug-likeness (QED) is 0.0608. The molecule has 0 saturated heterocycles. The molecule has 12 nitrogen and oxygen atoms in total. The molecule has 6 aromatic rings. The Balaban J connectivity index is 0.989. The number of ether oxygens (including phenoxy) is 6. The Morgan fingerprint density at radius 2 is 0.797 bits per heavy atom. The zero-order valence-corrected chi connectivity index (χ0v) is 35.8. The lowest BCUT2D eigenvalue weighted by Gasteiger charge is -2.33. The molecular formula is C52H50N2O10. The maximum Gasteiger partial charge on any atom is 0.417 e. The van der Waals surface area contributed by atoms with E-state index in [-0.39, 0.29) is 26.2 Å². The molecule has 2 amide bonds. The highest BCUT2D eigenvalue weighted by atomic mass is 16.6. The van der Waals surface area contributed by atoms with Crippen LogP contribution in [0.5, 0.6) is 34.5 Å². The van der Waals surface area contributed by atoms with Gasteiger partial charge in [-0.05, 0) is 121 Å². The smallest absolute Gasteiger partial charge is 0.417 e. The van der Waals surface area contributed by atoms with Crippen molar-refractivity contribution in [2.45, 2.75) is 38.8 Å². The van der Waals surface area contributed by atoms with Crippen LogP contribution in [-0.2, 0) is 45.0 Å². The molecule has 1 fully saturated rings. The van der Waals surface area contributed by atoms with Crippen LogP contribution in [0, 0.1) is 11.8 Å². The Morgan fingerprint density at radius 3 is 1.16 bits per heavy atom. The number of carbonyl (C=O) groups excluding carboxylic acids is 4. The number of nitrogens with zero attached hydrogens (tertiary/aromatic N) is 2. The Kier molecular flexibility index (Phi) is 15.3. The first-order valence-electron chi connectivity index (χ1n) is 21.1. The highest BCUT2D eigenvalue weighted by molar-refractivity contribution is 5.93. The van der Waals surface area contributed by atoms with E-state index >= 15 is 0 Å². The standard InChI is InChI=1S/C52H50N2O10/c1-59-45-17-9-11-37(33-45)29-31-53(35-39-19-23-43(24-20-39)61-41-13-5-3-6-14-41)51(57)63-49(55)47-27-28-48(47)50(56)64-52(58)54(32-30-38-12-10-18-46(34-38)60-2)36-40-21-25-44(26-22-40)62-42-15-7-4-8-16-42/h3-26,33-34,47-48H,27-32,35-36H2,1-2H3. The molecule has 0 aromatic heterocycles. The van der Waals surface area contributed by atoms with Crippen LogP contribution in [0.4, 0.5) is 9.59 Å². The van der Waals surface area contributed by atoms with Gasteiger partial charge in [0.15, 0.2) is 0 Å². The Labute approximate surface area is 372 Å². The SMILES string of the molecule is COc1cccc(CCN(Cc2ccc(Oc3ccccc3)cc2)C(=O)OC(=O)C2CCC2C(=O)OC(=O)N(CCc2cccc(OC)c2)Cc2ccc(Oc3ccccc3)cc2)c1. The summed E-state index contributed by atoms with van der Waals surface area (Å²) in [5.74, 6) is 0.382. The highest BCUT2D eigenvalue weighted by Gasteiger charge is 2.45. The number of hydrogen-bond donors (Lipinski definition) is 0. The van der Waals surface area contributed by atoms with Gasteiger partial charge in [0.25, 0.3) is 0 Å². The minimum Gasteiger partial charge on any atom is -0.497 e. The average Bonchev–Trinajstić information content (AvgIpc) is 3.30. The second-order valence-corrected chi connectivity index (χ2v) is 15.3. The van der Waals surface area contributed by atoms with Gasteiger partial charge in [0.2, 0.25) is 0 Å². The van der Waals surface area contributed by atoms with E-state index in [2.05, 4.69) is 0 Å². The molecule has 7 rings (SSSR count). The van der Waals surface area contributed by atoms with Gasteiger partial charge in [0, 0.05) is 26.2 Å². The van der Waals surface area contributed by atoms with Crippen LogP contribution in [0.2, 0.25) is 0 Å². The number of esters is 2. The summed E-state index contributed by atoms with van der Waals surface area (Å²) in [5.41, 5.74) is 3.42.